The van der Waals surface area contributed by atoms with E-state index >= 15 is 0 Å². The van der Waals surface area contributed by atoms with Gasteiger partial charge in [0.1, 0.15) is 6.04 Å². The third kappa shape index (κ3) is 5.35. The molecular weight excluding hydrogens is 498 g/mol. The molecule has 3 amide bonds. The van der Waals surface area contributed by atoms with E-state index in [1.807, 2.05) is 58.0 Å². The van der Waals surface area contributed by atoms with Crippen LogP contribution in [0.3, 0.4) is 0 Å². The van der Waals surface area contributed by atoms with Crippen LogP contribution in [0.5, 0.6) is 0 Å². The minimum atomic E-state index is -0.722. The maximum Gasteiger partial charge on any atom is 0.244 e. The van der Waals surface area contributed by atoms with Crippen molar-refractivity contribution < 1.29 is 19.5 Å². The van der Waals surface area contributed by atoms with E-state index in [1.165, 1.54) is 0 Å². The Morgan fingerprint density at radius 1 is 1.13 bits per heavy atom. The van der Waals surface area contributed by atoms with Crippen molar-refractivity contribution in [2.24, 2.45) is 23.2 Å². The van der Waals surface area contributed by atoms with Crippen LogP contribution >= 0.6 is 11.8 Å². The van der Waals surface area contributed by atoms with Crippen LogP contribution in [0.15, 0.2) is 30.3 Å². The van der Waals surface area contributed by atoms with Gasteiger partial charge in [0.2, 0.25) is 17.7 Å². The van der Waals surface area contributed by atoms with Crippen LogP contribution in [0.25, 0.3) is 0 Å². The molecule has 0 saturated carbocycles. The Kier molecular flexibility index (Phi) is 7.99. The average molecular weight is 544 g/mol. The molecule has 6 atom stereocenters. The summed E-state index contributed by atoms with van der Waals surface area (Å²) in [5, 5.41) is 16.7. The number of rotatable bonds is 9. The fourth-order valence-corrected chi connectivity index (χ4v) is 9.55. The Balaban J connectivity index is 1.66. The van der Waals surface area contributed by atoms with Crippen LogP contribution in [0.4, 0.5) is 0 Å². The van der Waals surface area contributed by atoms with Crippen molar-refractivity contribution >= 4 is 29.5 Å². The summed E-state index contributed by atoms with van der Waals surface area (Å²) in [6.45, 7) is 14.6. The van der Waals surface area contributed by atoms with Gasteiger partial charge in [-0.25, -0.2) is 0 Å². The van der Waals surface area contributed by atoms with E-state index in [9.17, 15) is 19.5 Å². The molecule has 0 aromatic heterocycles. The number of likely N-dealkylation sites (tertiary alicyclic amines) is 1. The summed E-state index contributed by atoms with van der Waals surface area (Å²) in [6, 6.07) is 8.54. The molecule has 0 aliphatic carbocycles. The third-order valence-electron chi connectivity index (χ3n) is 8.35. The number of fused-ring (bicyclic) bond motifs is 1. The molecule has 210 valence electrons. The lowest BCUT2D eigenvalue weighted by atomic mass is 9.70. The molecular formula is C30H45N3O4S. The molecule has 3 aliphatic rings. The lowest BCUT2D eigenvalue weighted by molar-refractivity contribution is -0.144. The molecule has 4 rings (SSSR count). The Labute approximate surface area is 231 Å². The average Bonchev–Trinajstić information content (AvgIpc) is 3.44. The first kappa shape index (κ1) is 28.9. The summed E-state index contributed by atoms with van der Waals surface area (Å²) < 4.78 is -0.666. The molecule has 0 radical (unpaired) electrons. The third-order valence-corrected chi connectivity index (χ3v) is 10.3. The molecule has 3 fully saturated rings. The number of hydrogen-bond donors (Lipinski definition) is 3. The molecule has 8 heteroatoms. The number of aliphatic hydroxyl groups excluding tert-OH is 1. The number of carbonyl (C=O) groups is 3. The first-order valence-corrected chi connectivity index (χ1v) is 14.8. The van der Waals surface area contributed by atoms with Crippen molar-refractivity contribution in [2.45, 2.75) is 102 Å². The van der Waals surface area contributed by atoms with E-state index in [1.54, 1.807) is 16.7 Å². The van der Waals surface area contributed by atoms with E-state index < -0.39 is 34.2 Å². The van der Waals surface area contributed by atoms with Crippen molar-refractivity contribution in [3.05, 3.63) is 35.9 Å². The first-order valence-electron chi connectivity index (χ1n) is 14.0. The Bertz CT molecular complexity index is 1050. The van der Waals surface area contributed by atoms with E-state index in [4.69, 9.17) is 0 Å². The zero-order valence-electron chi connectivity index (χ0n) is 23.9. The monoisotopic (exact) mass is 543 g/mol. The van der Waals surface area contributed by atoms with Crippen LogP contribution in [-0.4, -0.2) is 62.0 Å². The first-order chi connectivity index (χ1) is 17.7. The molecule has 2 unspecified atom stereocenters. The molecule has 1 spiro atoms. The summed E-state index contributed by atoms with van der Waals surface area (Å²) in [4.78, 5) is 43.6. The zero-order chi connectivity index (χ0) is 28.0. The highest BCUT2D eigenvalue weighted by Crippen LogP contribution is 2.66. The van der Waals surface area contributed by atoms with Crippen molar-refractivity contribution in [1.82, 2.24) is 15.5 Å². The maximum absolute atomic E-state index is 14.2. The molecule has 7 nitrogen and oxygen atoms in total. The van der Waals surface area contributed by atoms with Crippen LogP contribution in [0.1, 0.15) is 73.3 Å². The molecule has 3 N–H and O–H groups in total. The van der Waals surface area contributed by atoms with Gasteiger partial charge in [-0.2, -0.15) is 0 Å². The molecule has 2 bridgehead atoms. The second-order valence-electron chi connectivity index (χ2n) is 13.6. The van der Waals surface area contributed by atoms with Gasteiger partial charge >= 0.3 is 0 Å². The van der Waals surface area contributed by atoms with Gasteiger partial charge in [0.25, 0.3) is 0 Å². The summed E-state index contributed by atoms with van der Waals surface area (Å²) >= 11 is 1.66. The largest absolute Gasteiger partial charge is 0.394 e. The number of thioether (sulfide) groups is 1. The SMILES string of the molecule is CC(C)[C@H](CO)N1C(=O)[C@@H]2[C@H](C(=O)NCc3ccccc3)[C@@H]3CCC2(S3)C1C(=O)NC(C)(C)CC(C)(C)C. The number of hydrogen-bond acceptors (Lipinski definition) is 5. The van der Waals surface area contributed by atoms with Gasteiger partial charge in [0, 0.05) is 17.3 Å². The Morgan fingerprint density at radius 2 is 1.79 bits per heavy atom. The van der Waals surface area contributed by atoms with E-state index in [0.717, 1.165) is 18.4 Å². The second kappa shape index (κ2) is 10.5. The van der Waals surface area contributed by atoms with Gasteiger partial charge in [0.15, 0.2) is 0 Å². The number of carbonyl (C=O) groups excluding carboxylic acids is 3. The van der Waals surface area contributed by atoms with Crippen molar-refractivity contribution in [3.8, 4) is 0 Å². The highest BCUT2D eigenvalue weighted by molar-refractivity contribution is 8.02. The Hall–Kier alpha value is -2.06. The van der Waals surface area contributed by atoms with Gasteiger partial charge in [-0.15, -0.1) is 11.8 Å². The smallest absolute Gasteiger partial charge is 0.244 e. The maximum atomic E-state index is 14.2. The standard InChI is InChI=1S/C30H45N3O4S/c1-18(2)20(16-34)33-24(26(36)32-29(6,7)17-28(3,4)5)30-14-13-21(38-30)22(23(30)27(33)37)25(35)31-15-19-11-9-8-10-12-19/h8-12,18,20-24,34H,13-17H2,1-7H3,(H,31,35)(H,32,36)/t20-,21-,22+,23-,24?,30?/m0/s1. The summed E-state index contributed by atoms with van der Waals surface area (Å²) in [7, 11) is 0. The molecule has 1 aromatic rings. The van der Waals surface area contributed by atoms with Gasteiger partial charge in [0.05, 0.1) is 29.2 Å². The fourth-order valence-electron chi connectivity index (χ4n) is 7.34. The second-order valence-corrected chi connectivity index (χ2v) is 15.2. The minimum absolute atomic E-state index is 0.00591. The Morgan fingerprint density at radius 3 is 2.37 bits per heavy atom. The molecule has 3 aliphatic heterocycles. The van der Waals surface area contributed by atoms with Gasteiger partial charge in [-0.3, -0.25) is 14.4 Å². The predicted octanol–water partition coefficient (Wildman–Crippen LogP) is 3.74. The fraction of sp³-hybridized carbons (Fsp3) is 0.700. The summed E-state index contributed by atoms with van der Waals surface area (Å²) in [6.07, 6.45) is 2.29. The predicted molar refractivity (Wildman–Crippen MR) is 151 cm³/mol. The highest BCUT2D eigenvalue weighted by atomic mass is 32.2. The van der Waals surface area contributed by atoms with Crippen LogP contribution in [0.2, 0.25) is 0 Å². The number of aliphatic hydroxyl groups is 1. The van der Waals surface area contributed by atoms with Gasteiger partial charge in [-0.1, -0.05) is 65.0 Å². The number of nitrogens with one attached hydrogen (secondary N) is 2. The molecule has 3 saturated heterocycles. The van der Waals surface area contributed by atoms with Gasteiger partial charge < -0.3 is 20.6 Å². The van der Waals surface area contributed by atoms with E-state index in [2.05, 4.69) is 31.4 Å². The lowest BCUT2D eigenvalue weighted by Gasteiger charge is -2.41. The topological polar surface area (TPSA) is 98.7 Å². The number of benzene rings is 1. The van der Waals surface area contributed by atoms with E-state index in [0.29, 0.717) is 13.0 Å². The van der Waals surface area contributed by atoms with Gasteiger partial charge in [-0.05, 0) is 50.0 Å². The van der Waals surface area contributed by atoms with Crippen LogP contribution in [0, 0.1) is 23.2 Å². The van der Waals surface area contributed by atoms with Crippen molar-refractivity contribution in [3.63, 3.8) is 0 Å². The number of nitrogens with zero attached hydrogens (tertiary/aromatic N) is 1. The molecule has 1 aromatic carbocycles. The van der Waals surface area contributed by atoms with Crippen LogP contribution in [-0.2, 0) is 20.9 Å². The summed E-state index contributed by atoms with van der Waals surface area (Å²) in [5.74, 6) is -1.56. The zero-order valence-corrected chi connectivity index (χ0v) is 24.7. The highest BCUT2D eigenvalue weighted by Gasteiger charge is 2.74. The summed E-state index contributed by atoms with van der Waals surface area (Å²) in [5.41, 5.74) is 0.542. The molecule has 3 heterocycles. The lowest BCUT2D eigenvalue weighted by Crippen LogP contribution is -2.60. The number of amides is 3. The van der Waals surface area contributed by atoms with Crippen molar-refractivity contribution in [1.29, 1.82) is 0 Å². The quantitative estimate of drug-likeness (QED) is 0.441. The van der Waals surface area contributed by atoms with Crippen LogP contribution < -0.4 is 10.6 Å². The van der Waals surface area contributed by atoms with E-state index in [-0.39, 0.29) is 40.9 Å². The molecule has 38 heavy (non-hydrogen) atoms. The normalized spacial score (nSPS) is 29.5. The van der Waals surface area contributed by atoms with Crippen molar-refractivity contribution in [2.75, 3.05) is 6.61 Å². The minimum Gasteiger partial charge on any atom is -0.394 e.